The summed E-state index contributed by atoms with van der Waals surface area (Å²) in [5.74, 6) is -0.116. The molecule has 0 radical (unpaired) electrons. The molecule has 1 aromatic carbocycles. The van der Waals surface area contributed by atoms with Crippen LogP contribution in [0.4, 0.5) is 0 Å². The highest BCUT2D eigenvalue weighted by molar-refractivity contribution is 5.95. The molecule has 5 heteroatoms. The lowest BCUT2D eigenvalue weighted by Gasteiger charge is -2.32. The van der Waals surface area contributed by atoms with Gasteiger partial charge in [-0.2, -0.15) is 0 Å². The molecule has 1 saturated heterocycles. The number of H-pyrrole nitrogens is 1. The molecule has 1 unspecified atom stereocenters. The first-order valence-corrected chi connectivity index (χ1v) is 9.24. The second kappa shape index (κ2) is 7.77. The summed E-state index contributed by atoms with van der Waals surface area (Å²) in [5.41, 5.74) is 4.90. The quantitative estimate of drug-likeness (QED) is 0.887. The van der Waals surface area contributed by atoms with Crippen LogP contribution in [0.2, 0.25) is 0 Å². The number of nitrogens with one attached hydrogen (secondary N) is 2. The summed E-state index contributed by atoms with van der Waals surface area (Å²) < 4.78 is 0. The molecule has 2 aromatic rings. The summed E-state index contributed by atoms with van der Waals surface area (Å²) in [5, 5.41) is 3.01. The van der Waals surface area contributed by atoms with Crippen LogP contribution in [-0.4, -0.2) is 34.8 Å². The third-order valence-corrected chi connectivity index (χ3v) is 5.42. The number of amides is 2. The van der Waals surface area contributed by atoms with E-state index < -0.39 is 0 Å². The Morgan fingerprint density at radius 1 is 1.15 bits per heavy atom. The van der Waals surface area contributed by atoms with E-state index >= 15 is 0 Å². The van der Waals surface area contributed by atoms with Crippen molar-refractivity contribution in [1.29, 1.82) is 0 Å². The van der Waals surface area contributed by atoms with Crippen molar-refractivity contribution < 1.29 is 9.59 Å². The van der Waals surface area contributed by atoms with Gasteiger partial charge in [-0.3, -0.25) is 9.59 Å². The second-order valence-corrected chi connectivity index (χ2v) is 7.17. The number of hydrogen-bond donors (Lipinski definition) is 2. The molecular weight excluding hydrogens is 326 g/mol. The summed E-state index contributed by atoms with van der Waals surface area (Å²) in [4.78, 5) is 30.5. The van der Waals surface area contributed by atoms with E-state index in [-0.39, 0.29) is 17.7 Å². The predicted molar refractivity (Wildman–Crippen MR) is 102 cm³/mol. The molecule has 26 heavy (non-hydrogen) atoms. The van der Waals surface area contributed by atoms with Gasteiger partial charge in [0.2, 0.25) is 5.91 Å². The van der Waals surface area contributed by atoms with E-state index in [9.17, 15) is 9.59 Å². The van der Waals surface area contributed by atoms with Crippen molar-refractivity contribution in [3.8, 4) is 0 Å². The Labute approximate surface area is 154 Å². The Bertz CT molecular complexity index is 795. The molecule has 138 valence electrons. The molecule has 2 heterocycles. The standard InChI is InChI=1S/C21H27N3O2/c1-14-15(2)19(23-16(14)3)21(26)24-11-7-10-18(13-24)20(25)22-12-17-8-5-4-6-9-17/h4-6,8-9,18,23H,7,10-13H2,1-3H3,(H,22,25). The van der Waals surface area contributed by atoms with Gasteiger partial charge in [0, 0.05) is 25.3 Å². The van der Waals surface area contributed by atoms with E-state index in [1.807, 2.05) is 56.0 Å². The lowest BCUT2D eigenvalue weighted by Crippen LogP contribution is -2.45. The van der Waals surface area contributed by atoms with Crippen LogP contribution in [0.5, 0.6) is 0 Å². The van der Waals surface area contributed by atoms with Gasteiger partial charge in [-0.05, 0) is 50.3 Å². The van der Waals surface area contributed by atoms with Crippen LogP contribution in [0.15, 0.2) is 30.3 Å². The highest BCUT2D eigenvalue weighted by Crippen LogP contribution is 2.22. The average molecular weight is 353 g/mol. The van der Waals surface area contributed by atoms with Gasteiger partial charge in [-0.25, -0.2) is 0 Å². The van der Waals surface area contributed by atoms with Gasteiger partial charge in [0.05, 0.1) is 5.92 Å². The maximum absolute atomic E-state index is 12.9. The van der Waals surface area contributed by atoms with Crippen LogP contribution < -0.4 is 5.32 Å². The molecule has 1 aliphatic heterocycles. The molecule has 5 nitrogen and oxygen atoms in total. The van der Waals surface area contributed by atoms with Crippen molar-refractivity contribution in [2.75, 3.05) is 13.1 Å². The number of hydrogen-bond acceptors (Lipinski definition) is 2. The minimum atomic E-state index is -0.145. The number of benzene rings is 1. The fourth-order valence-electron chi connectivity index (χ4n) is 3.52. The summed E-state index contributed by atoms with van der Waals surface area (Å²) in [6.07, 6.45) is 1.68. The number of carbonyl (C=O) groups excluding carboxylic acids is 2. The van der Waals surface area contributed by atoms with Crippen LogP contribution >= 0.6 is 0 Å². The SMILES string of the molecule is Cc1[nH]c(C(=O)N2CCCC(C(=O)NCc3ccccc3)C2)c(C)c1C. The predicted octanol–water partition coefficient (Wildman–Crippen LogP) is 3.11. The van der Waals surface area contributed by atoms with E-state index in [2.05, 4.69) is 10.3 Å². The highest BCUT2D eigenvalue weighted by Gasteiger charge is 2.30. The molecule has 1 fully saturated rings. The molecule has 0 spiro atoms. The normalized spacial score (nSPS) is 17.2. The third kappa shape index (κ3) is 3.82. The fraction of sp³-hybridized carbons (Fsp3) is 0.429. The zero-order chi connectivity index (χ0) is 18.7. The monoisotopic (exact) mass is 353 g/mol. The highest BCUT2D eigenvalue weighted by atomic mass is 16.2. The van der Waals surface area contributed by atoms with Gasteiger partial charge in [0.15, 0.2) is 0 Å². The van der Waals surface area contributed by atoms with Crippen molar-refractivity contribution in [3.63, 3.8) is 0 Å². The van der Waals surface area contributed by atoms with Crippen LogP contribution in [0, 0.1) is 26.7 Å². The number of aromatic nitrogens is 1. The van der Waals surface area contributed by atoms with Gasteiger partial charge in [0.25, 0.3) is 5.91 Å². The molecule has 2 amide bonds. The minimum absolute atomic E-state index is 0.000686. The van der Waals surface area contributed by atoms with Crippen molar-refractivity contribution in [2.24, 2.45) is 5.92 Å². The van der Waals surface area contributed by atoms with E-state index in [4.69, 9.17) is 0 Å². The second-order valence-electron chi connectivity index (χ2n) is 7.17. The van der Waals surface area contributed by atoms with Crippen molar-refractivity contribution in [1.82, 2.24) is 15.2 Å². The van der Waals surface area contributed by atoms with Gasteiger partial charge in [0.1, 0.15) is 5.69 Å². The van der Waals surface area contributed by atoms with Gasteiger partial charge in [-0.15, -0.1) is 0 Å². The Kier molecular flexibility index (Phi) is 5.45. The Morgan fingerprint density at radius 2 is 1.88 bits per heavy atom. The number of likely N-dealkylation sites (tertiary alicyclic amines) is 1. The Balaban J connectivity index is 1.62. The number of nitrogens with zero attached hydrogens (tertiary/aromatic N) is 1. The van der Waals surface area contributed by atoms with Crippen LogP contribution in [0.3, 0.4) is 0 Å². The summed E-state index contributed by atoms with van der Waals surface area (Å²) in [6.45, 7) is 7.69. The van der Waals surface area contributed by atoms with E-state index in [1.165, 1.54) is 0 Å². The number of piperidine rings is 1. The summed E-state index contributed by atoms with van der Waals surface area (Å²) in [7, 11) is 0. The maximum atomic E-state index is 12.9. The molecule has 1 atom stereocenters. The maximum Gasteiger partial charge on any atom is 0.270 e. The molecule has 0 saturated carbocycles. The number of carbonyl (C=O) groups is 2. The molecule has 2 N–H and O–H groups in total. The van der Waals surface area contributed by atoms with Gasteiger partial charge < -0.3 is 15.2 Å². The first kappa shape index (κ1) is 18.2. The Hall–Kier alpha value is -2.56. The lowest BCUT2D eigenvalue weighted by atomic mass is 9.96. The smallest absolute Gasteiger partial charge is 0.270 e. The van der Waals surface area contributed by atoms with E-state index in [0.29, 0.717) is 25.3 Å². The van der Waals surface area contributed by atoms with Crippen LogP contribution in [0.25, 0.3) is 0 Å². The number of aromatic amines is 1. The first-order valence-electron chi connectivity index (χ1n) is 9.24. The molecular formula is C21H27N3O2. The van der Waals surface area contributed by atoms with E-state index in [0.717, 1.165) is 35.2 Å². The van der Waals surface area contributed by atoms with Crippen molar-refractivity contribution >= 4 is 11.8 Å². The fourth-order valence-corrected chi connectivity index (χ4v) is 3.52. The van der Waals surface area contributed by atoms with Gasteiger partial charge >= 0.3 is 0 Å². The zero-order valence-corrected chi connectivity index (χ0v) is 15.8. The van der Waals surface area contributed by atoms with E-state index in [1.54, 1.807) is 0 Å². The van der Waals surface area contributed by atoms with Crippen LogP contribution in [-0.2, 0) is 11.3 Å². The zero-order valence-electron chi connectivity index (χ0n) is 15.8. The molecule has 0 aliphatic carbocycles. The largest absolute Gasteiger partial charge is 0.354 e. The van der Waals surface area contributed by atoms with Crippen molar-refractivity contribution in [3.05, 3.63) is 58.4 Å². The minimum Gasteiger partial charge on any atom is -0.354 e. The summed E-state index contributed by atoms with van der Waals surface area (Å²) >= 11 is 0. The van der Waals surface area contributed by atoms with Crippen molar-refractivity contribution in [2.45, 2.75) is 40.2 Å². The average Bonchev–Trinajstić information content (AvgIpc) is 2.93. The number of rotatable bonds is 4. The van der Waals surface area contributed by atoms with Gasteiger partial charge in [-0.1, -0.05) is 30.3 Å². The summed E-state index contributed by atoms with van der Waals surface area (Å²) in [6, 6.07) is 9.88. The molecule has 1 aliphatic rings. The molecule has 0 bridgehead atoms. The topological polar surface area (TPSA) is 65.2 Å². The molecule has 3 rings (SSSR count). The first-order chi connectivity index (χ1) is 12.5. The lowest BCUT2D eigenvalue weighted by molar-refractivity contribution is -0.126. The van der Waals surface area contributed by atoms with Crippen LogP contribution in [0.1, 0.15) is 45.7 Å². The molecule has 1 aromatic heterocycles. The Morgan fingerprint density at radius 3 is 2.54 bits per heavy atom. The number of aryl methyl sites for hydroxylation is 1. The third-order valence-electron chi connectivity index (χ3n) is 5.42.